The highest BCUT2D eigenvalue weighted by Gasteiger charge is 2.18. The summed E-state index contributed by atoms with van der Waals surface area (Å²) in [6.07, 6.45) is 1.48. The maximum absolute atomic E-state index is 10.9. The van der Waals surface area contributed by atoms with E-state index in [0.29, 0.717) is 6.41 Å². The van der Waals surface area contributed by atoms with Crippen LogP contribution in [0, 0.1) is 5.92 Å². The molecule has 1 amide bonds. The molecule has 3 heteroatoms. The van der Waals surface area contributed by atoms with Crippen LogP contribution in [0.15, 0.2) is 0 Å². The number of amides is 1. The molecule has 0 aromatic carbocycles. The monoisotopic (exact) mass is 157 g/mol. The van der Waals surface area contributed by atoms with E-state index in [2.05, 4.69) is 5.32 Å². The molecule has 0 rings (SSSR count). The molecular formula is C8H15NO2. The number of carbonyl (C=O) groups is 2. The van der Waals surface area contributed by atoms with Crippen molar-refractivity contribution in [2.24, 2.45) is 5.92 Å². The Morgan fingerprint density at radius 2 is 2.18 bits per heavy atom. The normalized spacial score (nSPS) is 15.2. The summed E-state index contributed by atoms with van der Waals surface area (Å²) in [6.45, 7) is 5.43. The van der Waals surface area contributed by atoms with Crippen LogP contribution in [-0.2, 0) is 9.59 Å². The second kappa shape index (κ2) is 4.88. The molecule has 3 nitrogen and oxygen atoms in total. The van der Waals surface area contributed by atoms with Gasteiger partial charge >= 0.3 is 0 Å². The lowest BCUT2D eigenvalue weighted by molar-refractivity contribution is -0.123. The summed E-state index contributed by atoms with van der Waals surface area (Å²) in [7, 11) is 0. The van der Waals surface area contributed by atoms with E-state index in [-0.39, 0.29) is 17.7 Å². The summed E-state index contributed by atoms with van der Waals surface area (Å²) in [5.74, 6) is 0.240. The van der Waals surface area contributed by atoms with Crippen LogP contribution in [0.25, 0.3) is 0 Å². The molecule has 0 heterocycles. The first-order chi connectivity index (χ1) is 5.13. The van der Waals surface area contributed by atoms with Gasteiger partial charge in [-0.15, -0.1) is 0 Å². The zero-order chi connectivity index (χ0) is 8.85. The smallest absolute Gasteiger partial charge is 0.207 e. The predicted octanol–water partition coefficient (Wildman–Crippen LogP) is 0.736. The van der Waals surface area contributed by atoms with Crippen molar-refractivity contribution in [3.05, 3.63) is 0 Å². The zero-order valence-electron chi connectivity index (χ0n) is 7.26. The van der Waals surface area contributed by atoms with Crippen LogP contribution in [0.5, 0.6) is 0 Å². The van der Waals surface area contributed by atoms with Crippen LogP contribution >= 0.6 is 0 Å². The number of nitrogens with one attached hydrogen (secondary N) is 1. The summed E-state index contributed by atoms with van der Waals surface area (Å²) in [5.41, 5.74) is 0. The molecule has 0 aromatic rings. The Balaban J connectivity index is 4.08. The Labute approximate surface area is 67.2 Å². The van der Waals surface area contributed by atoms with Crippen LogP contribution < -0.4 is 5.32 Å². The molecule has 0 bridgehead atoms. The molecule has 0 saturated heterocycles. The van der Waals surface area contributed by atoms with Crippen molar-refractivity contribution in [2.75, 3.05) is 0 Å². The number of Topliss-reactive ketones (excluding diaryl/α,β-unsaturated/α-hetero) is 1. The van der Waals surface area contributed by atoms with Crippen LogP contribution in [0.3, 0.4) is 0 Å². The molecule has 0 fully saturated rings. The number of carbonyl (C=O) groups excluding carboxylic acids is 2. The average Bonchev–Trinajstić information content (AvgIpc) is 1.98. The third kappa shape index (κ3) is 3.16. The molecule has 2 atom stereocenters. The quantitative estimate of drug-likeness (QED) is 0.598. The minimum absolute atomic E-state index is 0.0199. The summed E-state index contributed by atoms with van der Waals surface area (Å²) >= 11 is 0. The first-order valence-corrected chi connectivity index (χ1v) is 3.83. The van der Waals surface area contributed by atoms with Crippen molar-refractivity contribution in [3.63, 3.8) is 0 Å². The second-order valence-corrected chi connectivity index (χ2v) is 2.76. The molecule has 11 heavy (non-hydrogen) atoms. The summed E-state index contributed by atoms with van der Waals surface area (Å²) in [4.78, 5) is 21.0. The van der Waals surface area contributed by atoms with Gasteiger partial charge in [-0.05, 0) is 12.8 Å². The van der Waals surface area contributed by atoms with Gasteiger partial charge in [0.1, 0.15) is 0 Å². The van der Waals surface area contributed by atoms with E-state index < -0.39 is 0 Å². The van der Waals surface area contributed by atoms with Crippen molar-refractivity contribution >= 4 is 12.2 Å². The lowest BCUT2D eigenvalue weighted by atomic mass is 9.96. The van der Waals surface area contributed by atoms with Gasteiger partial charge in [-0.3, -0.25) is 9.59 Å². The molecule has 1 N–H and O–H groups in total. The number of hydrogen-bond acceptors (Lipinski definition) is 2. The van der Waals surface area contributed by atoms with Crippen molar-refractivity contribution in [1.29, 1.82) is 0 Å². The van der Waals surface area contributed by atoms with Gasteiger partial charge in [0.2, 0.25) is 6.41 Å². The Hall–Kier alpha value is -0.860. The van der Waals surface area contributed by atoms with Crippen LogP contribution in [0.1, 0.15) is 27.2 Å². The Kier molecular flexibility index (Phi) is 4.50. The highest BCUT2D eigenvalue weighted by atomic mass is 16.1. The fourth-order valence-corrected chi connectivity index (χ4v) is 0.991. The Morgan fingerprint density at radius 1 is 1.64 bits per heavy atom. The standard InChI is InChI=1S/C8H15NO2/c1-4-6(2)8(7(3)11)9-5-10/h5-6,8H,4H2,1-3H3,(H,9,10). The lowest BCUT2D eigenvalue weighted by Gasteiger charge is -2.18. The highest BCUT2D eigenvalue weighted by Crippen LogP contribution is 2.07. The van der Waals surface area contributed by atoms with Gasteiger partial charge in [0.15, 0.2) is 5.78 Å². The molecule has 0 aliphatic rings. The third-order valence-corrected chi connectivity index (χ3v) is 1.90. The molecule has 0 aliphatic heterocycles. The van der Waals surface area contributed by atoms with Crippen molar-refractivity contribution in [3.8, 4) is 0 Å². The van der Waals surface area contributed by atoms with Gasteiger partial charge < -0.3 is 5.32 Å². The first kappa shape index (κ1) is 10.1. The van der Waals surface area contributed by atoms with E-state index in [0.717, 1.165) is 6.42 Å². The molecule has 0 spiro atoms. The van der Waals surface area contributed by atoms with Crippen molar-refractivity contribution in [2.45, 2.75) is 33.2 Å². The van der Waals surface area contributed by atoms with Crippen molar-refractivity contribution in [1.82, 2.24) is 5.32 Å². The van der Waals surface area contributed by atoms with Gasteiger partial charge in [-0.25, -0.2) is 0 Å². The minimum atomic E-state index is -0.308. The number of ketones is 1. The summed E-state index contributed by atoms with van der Waals surface area (Å²) < 4.78 is 0. The molecule has 2 unspecified atom stereocenters. The lowest BCUT2D eigenvalue weighted by Crippen LogP contribution is -2.39. The average molecular weight is 157 g/mol. The van der Waals surface area contributed by atoms with Gasteiger partial charge in [-0.2, -0.15) is 0 Å². The van der Waals surface area contributed by atoms with Crippen molar-refractivity contribution < 1.29 is 9.59 Å². The number of rotatable bonds is 5. The number of hydrogen-bond donors (Lipinski definition) is 1. The van der Waals surface area contributed by atoms with Gasteiger partial charge in [-0.1, -0.05) is 20.3 Å². The van der Waals surface area contributed by atoms with Crippen LogP contribution in [0.2, 0.25) is 0 Å². The Bertz CT molecular complexity index is 145. The fourth-order valence-electron chi connectivity index (χ4n) is 0.991. The van der Waals surface area contributed by atoms with Gasteiger partial charge in [0, 0.05) is 0 Å². The summed E-state index contributed by atoms with van der Waals surface area (Å²) in [6, 6.07) is -0.308. The van der Waals surface area contributed by atoms with Gasteiger partial charge in [0.25, 0.3) is 0 Å². The molecular weight excluding hydrogens is 142 g/mol. The predicted molar refractivity (Wildman–Crippen MR) is 43.1 cm³/mol. The maximum Gasteiger partial charge on any atom is 0.207 e. The van der Waals surface area contributed by atoms with E-state index in [1.165, 1.54) is 6.92 Å². The zero-order valence-corrected chi connectivity index (χ0v) is 7.26. The maximum atomic E-state index is 10.9. The van der Waals surface area contributed by atoms with E-state index >= 15 is 0 Å². The first-order valence-electron chi connectivity index (χ1n) is 3.83. The molecule has 0 saturated carbocycles. The molecule has 0 aliphatic carbocycles. The Morgan fingerprint density at radius 3 is 2.45 bits per heavy atom. The fraction of sp³-hybridized carbons (Fsp3) is 0.750. The molecule has 64 valence electrons. The third-order valence-electron chi connectivity index (χ3n) is 1.90. The van der Waals surface area contributed by atoms with Crippen LogP contribution in [-0.4, -0.2) is 18.2 Å². The van der Waals surface area contributed by atoms with E-state index in [9.17, 15) is 9.59 Å². The highest BCUT2D eigenvalue weighted by molar-refractivity contribution is 5.83. The second-order valence-electron chi connectivity index (χ2n) is 2.76. The van der Waals surface area contributed by atoms with E-state index in [1.807, 2.05) is 13.8 Å². The minimum Gasteiger partial charge on any atom is -0.349 e. The topological polar surface area (TPSA) is 46.2 Å². The van der Waals surface area contributed by atoms with E-state index in [1.54, 1.807) is 0 Å². The largest absolute Gasteiger partial charge is 0.349 e. The van der Waals surface area contributed by atoms with E-state index in [4.69, 9.17) is 0 Å². The molecule has 0 radical (unpaired) electrons. The SMILES string of the molecule is CCC(C)C(NC=O)C(C)=O. The van der Waals surface area contributed by atoms with Gasteiger partial charge in [0.05, 0.1) is 6.04 Å². The summed E-state index contributed by atoms with van der Waals surface area (Å²) in [5, 5.41) is 2.50. The van der Waals surface area contributed by atoms with Crippen LogP contribution in [0.4, 0.5) is 0 Å². The molecule has 0 aromatic heterocycles.